The van der Waals surface area contributed by atoms with Gasteiger partial charge >= 0.3 is 6.18 Å². The lowest BCUT2D eigenvalue weighted by Crippen LogP contribution is -2.33. The van der Waals surface area contributed by atoms with E-state index in [1.165, 1.54) is 25.2 Å². The van der Waals surface area contributed by atoms with Crippen molar-refractivity contribution in [1.29, 1.82) is 0 Å². The number of aryl methyl sites for hydroxylation is 1. The Bertz CT molecular complexity index is 1150. The van der Waals surface area contributed by atoms with Crippen LogP contribution in [0, 0.1) is 0 Å². The zero-order valence-corrected chi connectivity index (χ0v) is 18.6. The van der Waals surface area contributed by atoms with Crippen LogP contribution in [0.3, 0.4) is 0 Å². The number of benzene rings is 2. The molecule has 13 heteroatoms. The highest BCUT2D eigenvalue weighted by Crippen LogP contribution is 2.29. The van der Waals surface area contributed by atoms with E-state index in [9.17, 15) is 28.2 Å². The standard InChI is InChI=1S/C22H24F3N5O5/c1-30-20(28-21(29-30)22(23,24)25)13-2-4-15(5-3-13)35-12-14(31)11-27-8-9-34-16-6-7-18(32)17(10-16)19(26)33/h2-7,10,14,27,31-32H,8-9,11-12H2,1H3,(H2,26,33). The van der Waals surface area contributed by atoms with Crippen LogP contribution in [0.25, 0.3) is 11.4 Å². The molecule has 5 N–H and O–H groups in total. The number of aliphatic hydroxyl groups excluding tert-OH is 1. The number of halogens is 3. The molecule has 35 heavy (non-hydrogen) atoms. The van der Waals surface area contributed by atoms with Crippen LogP contribution in [-0.4, -0.2) is 63.3 Å². The predicted molar refractivity (Wildman–Crippen MR) is 118 cm³/mol. The van der Waals surface area contributed by atoms with Crippen molar-refractivity contribution in [1.82, 2.24) is 20.1 Å². The number of ether oxygens (including phenoxy) is 2. The number of hydrogen-bond acceptors (Lipinski definition) is 8. The Morgan fingerprint density at radius 2 is 1.86 bits per heavy atom. The molecule has 0 aliphatic rings. The summed E-state index contributed by atoms with van der Waals surface area (Å²) in [5, 5.41) is 26.0. The summed E-state index contributed by atoms with van der Waals surface area (Å²) in [5.41, 5.74) is 5.56. The zero-order chi connectivity index (χ0) is 25.6. The fourth-order valence-corrected chi connectivity index (χ4v) is 3.02. The van der Waals surface area contributed by atoms with Crippen molar-refractivity contribution in [3.8, 4) is 28.6 Å². The number of amides is 1. The van der Waals surface area contributed by atoms with Gasteiger partial charge in [0.15, 0.2) is 5.82 Å². The number of primary amides is 1. The number of phenols is 1. The van der Waals surface area contributed by atoms with Gasteiger partial charge in [-0.2, -0.15) is 13.2 Å². The van der Waals surface area contributed by atoms with E-state index in [0.717, 1.165) is 4.68 Å². The lowest BCUT2D eigenvalue weighted by molar-refractivity contribution is -0.144. The lowest BCUT2D eigenvalue weighted by Gasteiger charge is -2.14. The number of nitrogens with two attached hydrogens (primary N) is 1. The summed E-state index contributed by atoms with van der Waals surface area (Å²) in [5.74, 6) is -1.37. The maximum absolute atomic E-state index is 12.8. The first-order valence-corrected chi connectivity index (χ1v) is 10.4. The smallest absolute Gasteiger partial charge is 0.453 e. The molecule has 0 aliphatic carbocycles. The number of rotatable bonds is 11. The Balaban J connectivity index is 1.39. The molecule has 188 valence electrons. The molecule has 0 bridgehead atoms. The van der Waals surface area contributed by atoms with Crippen molar-refractivity contribution in [3.05, 3.63) is 53.9 Å². The van der Waals surface area contributed by atoms with E-state index in [1.54, 1.807) is 24.3 Å². The number of carbonyl (C=O) groups is 1. The largest absolute Gasteiger partial charge is 0.507 e. The molecule has 0 spiro atoms. The van der Waals surface area contributed by atoms with Gasteiger partial charge in [-0.3, -0.25) is 4.79 Å². The van der Waals surface area contributed by atoms with Crippen molar-refractivity contribution in [2.75, 3.05) is 26.3 Å². The molecule has 1 aromatic heterocycles. The van der Waals surface area contributed by atoms with E-state index in [-0.39, 0.29) is 36.9 Å². The summed E-state index contributed by atoms with van der Waals surface area (Å²) in [6, 6.07) is 10.4. The normalized spacial score (nSPS) is 12.4. The Morgan fingerprint density at radius 3 is 2.49 bits per heavy atom. The molecule has 1 amide bonds. The van der Waals surface area contributed by atoms with E-state index in [4.69, 9.17) is 15.2 Å². The highest BCUT2D eigenvalue weighted by Gasteiger charge is 2.36. The topological polar surface area (TPSA) is 145 Å². The predicted octanol–water partition coefficient (Wildman–Crippen LogP) is 1.71. The van der Waals surface area contributed by atoms with Crippen LogP contribution < -0.4 is 20.5 Å². The van der Waals surface area contributed by atoms with Crippen LogP contribution in [0.4, 0.5) is 13.2 Å². The molecule has 0 saturated carbocycles. The number of nitrogens with one attached hydrogen (secondary N) is 1. The minimum atomic E-state index is -4.63. The minimum absolute atomic E-state index is 0.0185. The molecular formula is C22H24F3N5O5. The Labute approximate surface area is 198 Å². The van der Waals surface area contributed by atoms with Gasteiger partial charge in [-0.15, -0.1) is 5.10 Å². The Morgan fingerprint density at radius 1 is 1.17 bits per heavy atom. The second-order valence-corrected chi connectivity index (χ2v) is 7.47. The first-order valence-electron chi connectivity index (χ1n) is 10.4. The molecular weight excluding hydrogens is 471 g/mol. The average molecular weight is 495 g/mol. The Hall–Kier alpha value is -3.84. The van der Waals surface area contributed by atoms with Gasteiger partial charge in [-0.25, -0.2) is 9.67 Å². The fourth-order valence-electron chi connectivity index (χ4n) is 3.02. The molecule has 10 nitrogen and oxygen atoms in total. The number of nitrogens with zero attached hydrogens (tertiary/aromatic N) is 3. The highest BCUT2D eigenvalue weighted by molar-refractivity contribution is 5.95. The third-order valence-electron chi connectivity index (χ3n) is 4.73. The quantitative estimate of drug-likeness (QED) is 0.294. The molecule has 2 aromatic carbocycles. The first-order chi connectivity index (χ1) is 16.5. The van der Waals surface area contributed by atoms with Crippen LogP contribution in [0.2, 0.25) is 0 Å². The van der Waals surface area contributed by atoms with Crippen LogP contribution in [0.1, 0.15) is 16.2 Å². The van der Waals surface area contributed by atoms with Gasteiger partial charge < -0.3 is 30.7 Å². The molecule has 1 atom stereocenters. The number of carbonyl (C=O) groups excluding carboxylic acids is 1. The summed E-state index contributed by atoms with van der Waals surface area (Å²) >= 11 is 0. The second-order valence-electron chi connectivity index (χ2n) is 7.47. The molecule has 1 unspecified atom stereocenters. The maximum atomic E-state index is 12.8. The number of alkyl halides is 3. The van der Waals surface area contributed by atoms with Gasteiger partial charge in [0, 0.05) is 25.7 Å². The summed E-state index contributed by atoms with van der Waals surface area (Å²) in [6.07, 6.45) is -5.46. The lowest BCUT2D eigenvalue weighted by atomic mass is 10.2. The number of aromatic hydroxyl groups is 1. The third kappa shape index (κ3) is 7.07. The van der Waals surface area contributed by atoms with Gasteiger partial charge in [0.05, 0.1) is 5.56 Å². The fraction of sp³-hybridized carbons (Fsp3) is 0.318. The molecule has 0 fully saturated rings. The summed E-state index contributed by atoms with van der Waals surface area (Å²) in [4.78, 5) is 14.8. The maximum Gasteiger partial charge on any atom is 0.453 e. The van der Waals surface area contributed by atoms with Gasteiger partial charge in [0.2, 0.25) is 0 Å². The van der Waals surface area contributed by atoms with Crippen LogP contribution in [-0.2, 0) is 13.2 Å². The number of aromatic nitrogens is 3. The summed E-state index contributed by atoms with van der Waals surface area (Å²) < 4.78 is 50.4. The van der Waals surface area contributed by atoms with E-state index in [1.807, 2.05) is 0 Å². The molecule has 3 aromatic rings. The SMILES string of the molecule is Cn1nc(C(F)(F)F)nc1-c1ccc(OCC(O)CNCCOc2ccc(O)c(C(N)=O)c2)cc1. The van der Waals surface area contributed by atoms with E-state index in [2.05, 4.69) is 15.4 Å². The van der Waals surface area contributed by atoms with Gasteiger partial charge in [0.25, 0.3) is 11.7 Å². The molecule has 0 saturated heterocycles. The highest BCUT2D eigenvalue weighted by atomic mass is 19.4. The van der Waals surface area contributed by atoms with Crippen molar-refractivity contribution >= 4 is 5.91 Å². The third-order valence-corrected chi connectivity index (χ3v) is 4.73. The van der Waals surface area contributed by atoms with Gasteiger partial charge in [0.1, 0.15) is 36.6 Å². The van der Waals surface area contributed by atoms with Crippen LogP contribution in [0.5, 0.6) is 17.2 Å². The zero-order valence-electron chi connectivity index (χ0n) is 18.6. The van der Waals surface area contributed by atoms with Crippen molar-refractivity contribution in [2.45, 2.75) is 12.3 Å². The molecule has 0 aliphatic heterocycles. The summed E-state index contributed by atoms with van der Waals surface area (Å²) in [7, 11) is 1.37. The van der Waals surface area contributed by atoms with Gasteiger partial charge in [-0.1, -0.05) is 0 Å². The average Bonchev–Trinajstić information content (AvgIpc) is 3.21. The summed E-state index contributed by atoms with van der Waals surface area (Å²) in [6.45, 7) is 0.810. The number of hydrogen-bond donors (Lipinski definition) is 4. The Kier molecular flexibility index (Phi) is 8.14. The van der Waals surface area contributed by atoms with E-state index < -0.39 is 24.0 Å². The molecule has 1 heterocycles. The molecule has 3 rings (SSSR count). The van der Waals surface area contributed by atoms with Crippen molar-refractivity contribution in [3.63, 3.8) is 0 Å². The van der Waals surface area contributed by atoms with Crippen molar-refractivity contribution < 1.29 is 37.7 Å². The van der Waals surface area contributed by atoms with Crippen LogP contribution in [0.15, 0.2) is 42.5 Å². The minimum Gasteiger partial charge on any atom is -0.507 e. The number of aliphatic hydroxyl groups is 1. The molecule has 0 radical (unpaired) electrons. The second kappa shape index (κ2) is 11.1. The van der Waals surface area contributed by atoms with E-state index >= 15 is 0 Å². The monoisotopic (exact) mass is 495 g/mol. The van der Waals surface area contributed by atoms with E-state index in [0.29, 0.717) is 23.6 Å². The van der Waals surface area contributed by atoms with Crippen molar-refractivity contribution in [2.24, 2.45) is 12.8 Å². The van der Waals surface area contributed by atoms with Crippen LogP contribution >= 0.6 is 0 Å². The first kappa shape index (κ1) is 25.8. The van der Waals surface area contributed by atoms with Gasteiger partial charge in [-0.05, 0) is 42.5 Å².